The van der Waals surface area contributed by atoms with E-state index in [1.807, 2.05) is 4.72 Å². The summed E-state index contributed by atoms with van der Waals surface area (Å²) in [5.41, 5.74) is 0. The number of ether oxygens (including phenoxy) is 1. The predicted octanol–water partition coefficient (Wildman–Crippen LogP) is -0.108. The number of aliphatic hydroxyl groups is 1. The molecular formula is C20H32FN3O7S2. The zero-order valence-corrected chi connectivity index (χ0v) is 20.0. The summed E-state index contributed by atoms with van der Waals surface area (Å²) in [5.74, 6) is -1.25. The summed E-state index contributed by atoms with van der Waals surface area (Å²) in [4.78, 5) is 11.6. The lowest BCUT2D eigenvalue weighted by molar-refractivity contribution is -0.122. The Labute approximate surface area is 194 Å². The van der Waals surface area contributed by atoms with Crippen molar-refractivity contribution in [1.29, 1.82) is 0 Å². The minimum Gasteiger partial charge on any atom is -0.391 e. The summed E-state index contributed by atoms with van der Waals surface area (Å²) in [5, 5.41) is 10.3. The standard InChI is InChI=1S/C20H32FN3O7S2/c21-19-16-10-14(31-13-5-7-23(8-6-13)32(27,28)15-3-4-15)2-1-12(16)9-17(25)20(19)24-11-18(26)22-33(24,29)30/h12-17,19-20,25H,1-11H2,(H,22,26). The molecule has 0 aromatic heterocycles. The lowest BCUT2D eigenvalue weighted by Gasteiger charge is -2.48. The summed E-state index contributed by atoms with van der Waals surface area (Å²) in [7, 11) is -7.33. The second-order valence-corrected chi connectivity index (χ2v) is 14.0. The predicted molar refractivity (Wildman–Crippen MR) is 115 cm³/mol. The zero-order valence-electron chi connectivity index (χ0n) is 18.4. The van der Waals surface area contributed by atoms with Gasteiger partial charge in [-0.2, -0.15) is 12.7 Å². The molecule has 13 heteroatoms. The van der Waals surface area contributed by atoms with Gasteiger partial charge in [-0.05, 0) is 63.2 Å². The van der Waals surface area contributed by atoms with Gasteiger partial charge in [-0.15, -0.1) is 0 Å². The van der Waals surface area contributed by atoms with E-state index in [1.165, 1.54) is 0 Å². The molecule has 6 unspecified atom stereocenters. The van der Waals surface area contributed by atoms with E-state index >= 15 is 4.39 Å². The third-order valence-electron chi connectivity index (χ3n) is 7.95. The molecular weight excluding hydrogens is 477 g/mol. The van der Waals surface area contributed by atoms with Crippen LogP contribution in [0.1, 0.15) is 51.4 Å². The number of hydrogen-bond donors (Lipinski definition) is 2. The Kier molecular flexibility index (Phi) is 6.26. The highest BCUT2D eigenvalue weighted by Crippen LogP contribution is 2.45. The first-order valence-corrected chi connectivity index (χ1v) is 14.8. The number of fused-ring (bicyclic) bond motifs is 1. The molecule has 1 amide bonds. The number of hydrogen-bond acceptors (Lipinski definition) is 7. The second-order valence-electron chi connectivity index (χ2n) is 10.2. The van der Waals surface area contributed by atoms with Crippen LogP contribution in [0.3, 0.4) is 0 Å². The third kappa shape index (κ3) is 4.56. The maximum atomic E-state index is 15.6. The van der Waals surface area contributed by atoms with Gasteiger partial charge in [0.15, 0.2) is 0 Å². The monoisotopic (exact) mass is 509 g/mol. The smallest absolute Gasteiger partial charge is 0.304 e. The SMILES string of the molecule is O=C1CN(C2C(O)CC3CCC(OC4CCN(S(=O)(=O)C5CC5)CC4)CC3C2F)S(=O)(=O)N1. The number of alkyl halides is 1. The molecule has 5 aliphatic rings. The summed E-state index contributed by atoms with van der Waals surface area (Å²) in [6.45, 7) is 0.399. The van der Waals surface area contributed by atoms with E-state index in [0.29, 0.717) is 45.2 Å². The van der Waals surface area contributed by atoms with Gasteiger partial charge in [0, 0.05) is 13.1 Å². The Balaban J connectivity index is 1.19. The molecule has 10 nitrogen and oxygen atoms in total. The molecule has 3 saturated carbocycles. The largest absolute Gasteiger partial charge is 0.391 e. The van der Waals surface area contributed by atoms with Crippen LogP contribution in [0.2, 0.25) is 0 Å². The number of nitrogens with one attached hydrogen (secondary N) is 1. The molecule has 2 heterocycles. The number of halogens is 1. The molecule has 2 saturated heterocycles. The topological polar surface area (TPSA) is 133 Å². The van der Waals surface area contributed by atoms with Crippen LogP contribution < -0.4 is 4.72 Å². The highest BCUT2D eigenvalue weighted by Gasteiger charge is 2.54. The highest BCUT2D eigenvalue weighted by atomic mass is 32.2. The minimum atomic E-state index is -4.15. The Morgan fingerprint density at radius 3 is 2.33 bits per heavy atom. The summed E-state index contributed by atoms with van der Waals surface area (Å²) >= 11 is 0. The molecule has 0 spiro atoms. The zero-order chi connectivity index (χ0) is 23.5. The lowest BCUT2D eigenvalue weighted by atomic mass is 9.66. The van der Waals surface area contributed by atoms with Crippen LogP contribution in [0.5, 0.6) is 0 Å². The van der Waals surface area contributed by atoms with Gasteiger partial charge < -0.3 is 9.84 Å². The molecule has 33 heavy (non-hydrogen) atoms. The molecule has 3 aliphatic carbocycles. The van der Waals surface area contributed by atoms with Gasteiger partial charge in [0.25, 0.3) is 0 Å². The van der Waals surface area contributed by atoms with Crippen molar-refractivity contribution in [1.82, 2.24) is 13.3 Å². The van der Waals surface area contributed by atoms with Crippen molar-refractivity contribution in [3.63, 3.8) is 0 Å². The van der Waals surface area contributed by atoms with E-state index in [4.69, 9.17) is 4.74 Å². The van der Waals surface area contributed by atoms with Crippen molar-refractivity contribution in [2.75, 3.05) is 19.6 Å². The van der Waals surface area contributed by atoms with Crippen LogP contribution in [0.4, 0.5) is 4.39 Å². The number of sulfonamides is 1. The van der Waals surface area contributed by atoms with E-state index in [1.54, 1.807) is 4.31 Å². The summed E-state index contributed by atoms with van der Waals surface area (Å²) < 4.78 is 75.4. The first-order chi connectivity index (χ1) is 15.6. The number of rotatable bonds is 5. The van der Waals surface area contributed by atoms with E-state index in [9.17, 15) is 26.7 Å². The number of piperidine rings is 1. The summed E-state index contributed by atoms with van der Waals surface area (Å²) in [6, 6.07) is -1.29. The van der Waals surface area contributed by atoms with Crippen molar-refractivity contribution in [3.8, 4) is 0 Å². The van der Waals surface area contributed by atoms with E-state index in [-0.39, 0.29) is 23.4 Å². The molecule has 188 valence electrons. The normalized spacial score (nSPS) is 41.0. The average molecular weight is 510 g/mol. The van der Waals surface area contributed by atoms with E-state index in [2.05, 4.69) is 0 Å². The quantitative estimate of drug-likeness (QED) is 0.528. The maximum absolute atomic E-state index is 15.6. The van der Waals surface area contributed by atoms with Crippen molar-refractivity contribution < 1.29 is 35.9 Å². The number of carbonyl (C=O) groups excluding carboxylic acids is 1. The van der Waals surface area contributed by atoms with Crippen molar-refractivity contribution >= 4 is 26.1 Å². The average Bonchev–Trinajstić information content (AvgIpc) is 3.56. The second kappa shape index (κ2) is 8.66. The lowest BCUT2D eigenvalue weighted by Crippen LogP contribution is -2.59. The van der Waals surface area contributed by atoms with Gasteiger partial charge in [0.1, 0.15) is 6.17 Å². The van der Waals surface area contributed by atoms with Gasteiger partial charge in [-0.1, -0.05) is 0 Å². The minimum absolute atomic E-state index is 0.0643. The van der Waals surface area contributed by atoms with Gasteiger partial charge in [0.05, 0.1) is 36.1 Å². The molecule has 5 rings (SSSR count). The number of carbonyl (C=O) groups is 1. The molecule has 2 N–H and O–H groups in total. The molecule has 0 radical (unpaired) electrons. The molecule has 5 fully saturated rings. The van der Waals surface area contributed by atoms with Gasteiger partial charge in [-0.3, -0.25) is 4.79 Å². The highest BCUT2D eigenvalue weighted by molar-refractivity contribution is 7.90. The Bertz CT molecular complexity index is 982. The number of aliphatic hydroxyl groups excluding tert-OH is 1. The molecule has 2 aliphatic heterocycles. The molecule has 6 atom stereocenters. The molecule has 0 bridgehead atoms. The van der Waals surface area contributed by atoms with Gasteiger partial charge >= 0.3 is 10.2 Å². The van der Waals surface area contributed by atoms with Crippen molar-refractivity contribution in [2.24, 2.45) is 11.8 Å². The first-order valence-electron chi connectivity index (χ1n) is 11.8. The molecule has 0 aromatic carbocycles. The van der Waals surface area contributed by atoms with Crippen LogP contribution in [-0.2, 0) is 29.8 Å². The van der Waals surface area contributed by atoms with E-state index < -0.39 is 56.9 Å². The molecule has 0 aromatic rings. The van der Waals surface area contributed by atoms with Crippen LogP contribution in [-0.4, -0.2) is 91.9 Å². The van der Waals surface area contributed by atoms with Crippen molar-refractivity contribution in [3.05, 3.63) is 0 Å². The van der Waals surface area contributed by atoms with Crippen molar-refractivity contribution in [2.45, 2.75) is 87.1 Å². The fraction of sp³-hybridized carbons (Fsp3) is 0.950. The maximum Gasteiger partial charge on any atom is 0.304 e. The van der Waals surface area contributed by atoms with Crippen LogP contribution in [0.25, 0.3) is 0 Å². The third-order valence-corrected chi connectivity index (χ3v) is 11.8. The fourth-order valence-electron chi connectivity index (χ4n) is 6.10. The van der Waals surface area contributed by atoms with Crippen LogP contribution in [0, 0.1) is 11.8 Å². The number of amides is 1. The number of nitrogens with zero attached hydrogens (tertiary/aromatic N) is 2. The fourth-order valence-corrected chi connectivity index (χ4v) is 9.31. The van der Waals surface area contributed by atoms with Gasteiger partial charge in [0.2, 0.25) is 15.9 Å². The Morgan fingerprint density at radius 1 is 1.03 bits per heavy atom. The van der Waals surface area contributed by atoms with E-state index in [0.717, 1.165) is 23.6 Å². The van der Waals surface area contributed by atoms with Gasteiger partial charge in [-0.25, -0.2) is 21.8 Å². The first kappa shape index (κ1) is 23.9. The van der Waals surface area contributed by atoms with Crippen LogP contribution >= 0.6 is 0 Å². The summed E-state index contributed by atoms with van der Waals surface area (Å²) in [6.07, 6.45) is 1.79. The Morgan fingerprint density at radius 2 is 1.73 bits per heavy atom. The Hall–Kier alpha value is -0.860. The van der Waals surface area contributed by atoms with Crippen LogP contribution in [0.15, 0.2) is 0 Å².